The number of hydrogen-bond acceptors (Lipinski definition) is 7. The molecule has 40 heavy (non-hydrogen) atoms. The molecule has 11 heteroatoms. The van der Waals surface area contributed by atoms with Crippen LogP contribution in [-0.4, -0.2) is 44.7 Å². The number of benzene rings is 1. The molecular formula is C29H24ClN5O4S. The van der Waals surface area contributed by atoms with Gasteiger partial charge in [0, 0.05) is 37.1 Å². The third-order valence-corrected chi connectivity index (χ3v) is 7.83. The van der Waals surface area contributed by atoms with Crippen LogP contribution >= 0.6 is 22.9 Å². The Labute approximate surface area is 239 Å². The van der Waals surface area contributed by atoms with Crippen LogP contribution in [0.25, 0.3) is 0 Å². The first-order valence-corrected chi connectivity index (χ1v) is 14.0. The standard InChI is InChI=1S/C29H24ClN5O4S/c30-22-13-17(4-7-21(22)27(36)34-25-15-20(8-11-32-25)39-19-5-6-19)16-35-24(14-18-3-1-2-10-31-18)28(37)33-23-9-12-40-26(23)29(35)38/h1-4,7-13,15,19,24H,5-6,14,16H2,(H,33,37)(H,32,34,36). The van der Waals surface area contributed by atoms with E-state index in [1.807, 2.05) is 12.1 Å². The van der Waals surface area contributed by atoms with Crippen molar-refractivity contribution in [2.45, 2.75) is 38.0 Å². The summed E-state index contributed by atoms with van der Waals surface area (Å²) in [5, 5.41) is 7.63. The first-order valence-electron chi connectivity index (χ1n) is 12.8. The van der Waals surface area contributed by atoms with Gasteiger partial charge in [0.15, 0.2) is 0 Å². The van der Waals surface area contributed by atoms with E-state index in [0.717, 1.165) is 12.8 Å². The zero-order valence-electron chi connectivity index (χ0n) is 21.2. The fourth-order valence-electron chi connectivity index (χ4n) is 4.46. The maximum absolute atomic E-state index is 13.6. The van der Waals surface area contributed by atoms with E-state index in [4.69, 9.17) is 16.3 Å². The highest BCUT2D eigenvalue weighted by molar-refractivity contribution is 7.12. The summed E-state index contributed by atoms with van der Waals surface area (Å²) in [7, 11) is 0. The predicted octanol–water partition coefficient (Wildman–Crippen LogP) is 5.19. The molecule has 4 aromatic rings. The van der Waals surface area contributed by atoms with Gasteiger partial charge in [-0.3, -0.25) is 19.4 Å². The Balaban J connectivity index is 1.22. The number of carbonyl (C=O) groups excluding carboxylic acids is 3. The minimum atomic E-state index is -0.792. The Morgan fingerprint density at radius 1 is 1.10 bits per heavy atom. The van der Waals surface area contributed by atoms with Crippen LogP contribution in [-0.2, 0) is 17.8 Å². The number of pyridine rings is 2. The molecule has 1 aliphatic carbocycles. The number of fused-ring (bicyclic) bond motifs is 1. The molecule has 2 aliphatic rings. The first kappa shape index (κ1) is 26.0. The van der Waals surface area contributed by atoms with Crippen molar-refractivity contribution in [1.82, 2.24) is 14.9 Å². The van der Waals surface area contributed by atoms with Crippen molar-refractivity contribution in [1.29, 1.82) is 0 Å². The fraction of sp³-hybridized carbons (Fsp3) is 0.207. The van der Waals surface area contributed by atoms with Gasteiger partial charge in [-0.15, -0.1) is 11.3 Å². The Morgan fingerprint density at radius 2 is 1.98 bits per heavy atom. The Bertz CT molecular complexity index is 1590. The normalized spacial score (nSPS) is 16.6. The summed E-state index contributed by atoms with van der Waals surface area (Å²) in [6, 6.07) is 14.8. The molecule has 0 saturated heterocycles. The van der Waals surface area contributed by atoms with Gasteiger partial charge in [0.2, 0.25) is 5.91 Å². The molecule has 9 nitrogen and oxygen atoms in total. The van der Waals surface area contributed by atoms with Gasteiger partial charge in [-0.05, 0) is 60.2 Å². The molecule has 1 aliphatic heterocycles. The highest BCUT2D eigenvalue weighted by Crippen LogP contribution is 2.31. The average molecular weight is 574 g/mol. The van der Waals surface area contributed by atoms with E-state index >= 15 is 0 Å². The van der Waals surface area contributed by atoms with Crippen molar-refractivity contribution >= 4 is 52.2 Å². The quantitative estimate of drug-likeness (QED) is 0.300. The minimum absolute atomic E-state index is 0.116. The second kappa shape index (κ2) is 11.1. The summed E-state index contributed by atoms with van der Waals surface area (Å²) >= 11 is 7.82. The Hall–Kier alpha value is -4.28. The van der Waals surface area contributed by atoms with Crippen LogP contribution in [0, 0.1) is 0 Å². The SMILES string of the molecule is O=C(Nc1cc(OC2CC2)ccn1)c1ccc(CN2C(=O)c3sccc3NC(=O)C2Cc2ccccn2)cc1Cl. The molecule has 1 aromatic carbocycles. The Morgan fingerprint density at radius 3 is 2.75 bits per heavy atom. The van der Waals surface area contributed by atoms with E-state index in [9.17, 15) is 14.4 Å². The van der Waals surface area contributed by atoms with Crippen LogP contribution in [0.2, 0.25) is 5.02 Å². The summed E-state index contributed by atoms with van der Waals surface area (Å²) in [5.74, 6) is 0.0254. The lowest BCUT2D eigenvalue weighted by atomic mass is 10.1. The van der Waals surface area contributed by atoms with E-state index in [1.165, 1.54) is 16.2 Å². The maximum atomic E-state index is 13.6. The van der Waals surface area contributed by atoms with Crippen LogP contribution in [0.1, 0.15) is 44.1 Å². The number of carbonyl (C=O) groups is 3. The van der Waals surface area contributed by atoms with Gasteiger partial charge in [0.05, 0.1) is 22.4 Å². The topological polar surface area (TPSA) is 114 Å². The number of anilines is 2. The molecule has 1 unspecified atom stereocenters. The highest BCUT2D eigenvalue weighted by atomic mass is 35.5. The summed E-state index contributed by atoms with van der Waals surface area (Å²) < 4.78 is 5.77. The maximum Gasteiger partial charge on any atom is 0.267 e. The van der Waals surface area contributed by atoms with Crippen molar-refractivity contribution in [2.24, 2.45) is 0 Å². The number of hydrogen-bond donors (Lipinski definition) is 2. The van der Waals surface area contributed by atoms with Gasteiger partial charge >= 0.3 is 0 Å². The third-order valence-electron chi connectivity index (χ3n) is 6.62. The van der Waals surface area contributed by atoms with Crippen LogP contribution in [0.15, 0.2) is 72.4 Å². The van der Waals surface area contributed by atoms with Crippen LogP contribution in [0.5, 0.6) is 5.75 Å². The zero-order valence-corrected chi connectivity index (χ0v) is 22.7. The molecule has 0 radical (unpaired) electrons. The molecule has 1 saturated carbocycles. The molecule has 1 atom stereocenters. The first-order chi connectivity index (χ1) is 19.4. The number of halogens is 1. The largest absolute Gasteiger partial charge is 0.490 e. The van der Waals surface area contributed by atoms with Crippen molar-refractivity contribution in [2.75, 3.05) is 10.6 Å². The van der Waals surface area contributed by atoms with Crippen LogP contribution in [0.3, 0.4) is 0 Å². The van der Waals surface area contributed by atoms with Crippen molar-refractivity contribution < 1.29 is 19.1 Å². The smallest absolute Gasteiger partial charge is 0.267 e. The molecule has 4 heterocycles. The molecule has 202 valence electrons. The monoisotopic (exact) mass is 573 g/mol. The van der Waals surface area contributed by atoms with E-state index in [1.54, 1.807) is 60.2 Å². The van der Waals surface area contributed by atoms with Gasteiger partial charge in [-0.2, -0.15) is 0 Å². The van der Waals surface area contributed by atoms with Crippen molar-refractivity contribution in [3.05, 3.63) is 99.1 Å². The van der Waals surface area contributed by atoms with Gasteiger partial charge in [-0.25, -0.2) is 4.98 Å². The average Bonchev–Trinajstić information content (AvgIpc) is 3.66. The molecular weight excluding hydrogens is 550 g/mol. The number of amides is 3. The van der Waals surface area contributed by atoms with E-state index in [2.05, 4.69) is 20.6 Å². The van der Waals surface area contributed by atoms with Gasteiger partial charge in [-0.1, -0.05) is 23.7 Å². The highest BCUT2D eigenvalue weighted by Gasteiger charge is 2.36. The summed E-state index contributed by atoms with van der Waals surface area (Å²) in [6.07, 6.45) is 5.76. The second-order valence-electron chi connectivity index (χ2n) is 9.59. The van der Waals surface area contributed by atoms with E-state index in [-0.39, 0.29) is 41.5 Å². The van der Waals surface area contributed by atoms with Gasteiger partial charge in [0.25, 0.3) is 11.8 Å². The number of thiophene rings is 1. The number of nitrogens with one attached hydrogen (secondary N) is 2. The molecule has 3 amide bonds. The van der Waals surface area contributed by atoms with E-state index in [0.29, 0.717) is 33.4 Å². The van der Waals surface area contributed by atoms with Crippen molar-refractivity contribution in [3.63, 3.8) is 0 Å². The van der Waals surface area contributed by atoms with Crippen molar-refractivity contribution in [3.8, 4) is 5.75 Å². The molecule has 3 aromatic heterocycles. The zero-order chi connectivity index (χ0) is 27.6. The van der Waals surface area contributed by atoms with Crippen LogP contribution < -0.4 is 15.4 Å². The molecule has 6 rings (SSSR count). The molecule has 0 spiro atoms. The predicted molar refractivity (Wildman–Crippen MR) is 152 cm³/mol. The number of rotatable bonds is 8. The van der Waals surface area contributed by atoms with Crippen LogP contribution in [0.4, 0.5) is 11.5 Å². The lowest BCUT2D eigenvalue weighted by Crippen LogP contribution is -2.46. The minimum Gasteiger partial charge on any atom is -0.490 e. The second-order valence-corrected chi connectivity index (χ2v) is 10.9. The van der Waals surface area contributed by atoms with E-state index < -0.39 is 11.9 Å². The van der Waals surface area contributed by atoms with Gasteiger partial charge in [0.1, 0.15) is 22.5 Å². The third kappa shape index (κ3) is 5.68. The molecule has 2 N–H and O–H groups in total. The molecule has 1 fully saturated rings. The summed E-state index contributed by atoms with van der Waals surface area (Å²) in [4.78, 5) is 50.4. The Kier molecular flexibility index (Phi) is 7.19. The number of nitrogens with zero attached hydrogens (tertiary/aromatic N) is 3. The van der Waals surface area contributed by atoms with Gasteiger partial charge < -0.3 is 20.3 Å². The number of ether oxygens (including phenoxy) is 1. The molecule has 0 bridgehead atoms. The number of aromatic nitrogens is 2. The summed E-state index contributed by atoms with van der Waals surface area (Å²) in [6.45, 7) is 0.116. The summed E-state index contributed by atoms with van der Waals surface area (Å²) in [5.41, 5.74) is 2.12. The lowest BCUT2D eigenvalue weighted by molar-refractivity contribution is -0.120. The fourth-order valence-corrected chi connectivity index (χ4v) is 5.55. The lowest BCUT2D eigenvalue weighted by Gasteiger charge is -2.28.